The third kappa shape index (κ3) is 4.62. The van der Waals surface area contributed by atoms with Gasteiger partial charge in [0.15, 0.2) is 0 Å². The lowest BCUT2D eigenvalue weighted by Gasteiger charge is -2.28. The summed E-state index contributed by atoms with van der Waals surface area (Å²) in [4.78, 5) is 38.5. The van der Waals surface area contributed by atoms with E-state index >= 15 is 0 Å². The first-order valence-corrected chi connectivity index (χ1v) is 13.6. The average Bonchev–Trinajstić information content (AvgIpc) is 3.53. The Hall–Kier alpha value is -3.04. The third-order valence-corrected chi connectivity index (χ3v) is 9.24. The van der Waals surface area contributed by atoms with Crippen LogP contribution >= 0.6 is 0 Å². The van der Waals surface area contributed by atoms with Gasteiger partial charge in [0.25, 0.3) is 11.8 Å². The molecule has 4 atom stereocenters. The Morgan fingerprint density at radius 1 is 1.00 bits per heavy atom. The van der Waals surface area contributed by atoms with Gasteiger partial charge in [-0.3, -0.25) is 19.3 Å². The third-order valence-electron chi connectivity index (χ3n) is 7.67. The lowest BCUT2D eigenvalue weighted by molar-refractivity contribution is -0.116. The molecular weight excluding hydrogens is 466 g/mol. The van der Waals surface area contributed by atoms with Gasteiger partial charge in [-0.1, -0.05) is 18.6 Å². The summed E-state index contributed by atoms with van der Waals surface area (Å²) >= 11 is 0. The molecule has 35 heavy (non-hydrogen) atoms. The number of benzene rings is 2. The number of hydrogen-bond acceptors (Lipinski definition) is 5. The van der Waals surface area contributed by atoms with Crippen molar-refractivity contribution >= 4 is 33.4 Å². The van der Waals surface area contributed by atoms with Gasteiger partial charge in [0.1, 0.15) is 0 Å². The van der Waals surface area contributed by atoms with E-state index in [4.69, 9.17) is 0 Å². The van der Waals surface area contributed by atoms with Gasteiger partial charge >= 0.3 is 0 Å². The minimum absolute atomic E-state index is 0.0323. The van der Waals surface area contributed by atoms with Crippen LogP contribution < -0.4 is 10.0 Å². The molecule has 5 rings (SSSR count). The second-order valence-corrected chi connectivity index (χ2v) is 11.6. The smallest absolute Gasteiger partial charge is 0.261 e. The van der Waals surface area contributed by atoms with Gasteiger partial charge < -0.3 is 5.32 Å². The molecule has 0 unspecified atom stereocenters. The molecule has 1 aliphatic heterocycles. The van der Waals surface area contributed by atoms with Crippen LogP contribution in [-0.2, 0) is 14.8 Å². The minimum atomic E-state index is -3.66. The van der Waals surface area contributed by atoms with Crippen LogP contribution in [0.2, 0.25) is 0 Å². The molecule has 0 aromatic heterocycles. The number of carbonyl (C=O) groups excluding carboxylic acids is 3. The first-order chi connectivity index (χ1) is 16.7. The fourth-order valence-corrected chi connectivity index (χ4v) is 7.20. The summed E-state index contributed by atoms with van der Waals surface area (Å²) in [5.74, 6) is 0.581. The molecule has 3 aliphatic rings. The molecule has 2 aromatic carbocycles. The van der Waals surface area contributed by atoms with Crippen LogP contribution in [0.3, 0.4) is 0 Å². The van der Waals surface area contributed by atoms with Gasteiger partial charge in [-0.05, 0) is 80.3 Å². The summed E-state index contributed by atoms with van der Waals surface area (Å²) in [5, 5.41) is 2.70. The summed E-state index contributed by atoms with van der Waals surface area (Å²) in [5.41, 5.74) is 1.13. The molecule has 0 spiro atoms. The van der Waals surface area contributed by atoms with Crippen molar-refractivity contribution in [2.45, 2.75) is 50.0 Å². The minimum Gasteiger partial charge on any atom is -0.326 e. The van der Waals surface area contributed by atoms with Crippen LogP contribution in [0.5, 0.6) is 0 Å². The number of sulfonamides is 1. The Morgan fingerprint density at radius 3 is 2.23 bits per heavy atom. The summed E-state index contributed by atoms with van der Waals surface area (Å²) < 4.78 is 28.6. The van der Waals surface area contributed by atoms with Crippen LogP contribution in [0.4, 0.5) is 5.69 Å². The number of amides is 3. The molecule has 0 radical (unpaired) electrons. The lowest BCUT2D eigenvalue weighted by atomic mass is 9.84. The molecule has 2 aromatic rings. The first kappa shape index (κ1) is 23.7. The fourth-order valence-electron chi connectivity index (χ4n) is 5.90. The number of fused-ring (bicyclic) bond motifs is 3. The number of carbonyl (C=O) groups is 3. The highest BCUT2D eigenvalue weighted by Gasteiger charge is 2.42. The van der Waals surface area contributed by atoms with Gasteiger partial charge in [0, 0.05) is 24.7 Å². The van der Waals surface area contributed by atoms with Gasteiger partial charge in [-0.15, -0.1) is 0 Å². The molecule has 2 N–H and O–H groups in total. The monoisotopic (exact) mass is 495 g/mol. The normalized spacial score (nSPS) is 24.0. The summed E-state index contributed by atoms with van der Waals surface area (Å²) in [6, 6.07) is 12.5. The molecule has 3 amide bonds. The predicted molar refractivity (Wildman–Crippen MR) is 130 cm³/mol. The van der Waals surface area contributed by atoms with Crippen molar-refractivity contribution in [3.05, 3.63) is 59.7 Å². The summed E-state index contributed by atoms with van der Waals surface area (Å²) in [7, 11) is -3.66. The van der Waals surface area contributed by atoms with E-state index in [9.17, 15) is 22.8 Å². The topological polar surface area (TPSA) is 113 Å². The standard InChI is InChI=1S/C26H29N3O5S/c1-16(23-15-17-6-7-18(23)14-17)28-35(33,34)20-10-8-19(9-11-20)27-24(30)12-13-29-25(31)21-4-2-3-5-22(21)26(29)32/h2-5,8-11,16-18,23,28H,6-7,12-15H2,1H3,(H,27,30)/t16-,17+,18+,23-/m1/s1. The van der Waals surface area contributed by atoms with Gasteiger partial charge in [0.2, 0.25) is 15.9 Å². The van der Waals surface area contributed by atoms with Crippen molar-refractivity contribution in [1.29, 1.82) is 0 Å². The van der Waals surface area contributed by atoms with E-state index in [0.29, 0.717) is 28.7 Å². The lowest BCUT2D eigenvalue weighted by Crippen LogP contribution is -2.40. The number of nitrogens with zero attached hydrogens (tertiary/aromatic N) is 1. The zero-order valence-corrected chi connectivity index (χ0v) is 20.4. The molecule has 1 heterocycles. The van der Waals surface area contributed by atoms with E-state index in [-0.39, 0.29) is 29.8 Å². The fraction of sp³-hybridized carbons (Fsp3) is 0.423. The number of anilines is 1. The molecule has 0 saturated heterocycles. The Bertz CT molecular complexity index is 1240. The number of rotatable bonds is 8. The van der Waals surface area contributed by atoms with Crippen LogP contribution in [0, 0.1) is 17.8 Å². The molecule has 2 bridgehead atoms. The Morgan fingerprint density at radius 2 is 1.66 bits per heavy atom. The van der Waals surface area contributed by atoms with E-state index in [2.05, 4.69) is 10.0 Å². The van der Waals surface area contributed by atoms with Crippen molar-refractivity contribution in [1.82, 2.24) is 9.62 Å². The van der Waals surface area contributed by atoms with Crippen molar-refractivity contribution in [2.75, 3.05) is 11.9 Å². The maximum Gasteiger partial charge on any atom is 0.261 e. The number of hydrogen-bond donors (Lipinski definition) is 2. The zero-order chi connectivity index (χ0) is 24.7. The van der Waals surface area contributed by atoms with Gasteiger partial charge in [-0.2, -0.15) is 0 Å². The van der Waals surface area contributed by atoms with Crippen LogP contribution in [-0.4, -0.2) is 43.6 Å². The molecule has 2 saturated carbocycles. The quantitative estimate of drug-likeness (QED) is 0.545. The average molecular weight is 496 g/mol. The van der Waals surface area contributed by atoms with E-state index < -0.39 is 21.8 Å². The maximum absolute atomic E-state index is 12.9. The zero-order valence-electron chi connectivity index (χ0n) is 19.6. The van der Waals surface area contributed by atoms with Crippen molar-refractivity contribution in [2.24, 2.45) is 17.8 Å². The van der Waals surface area contributed by atoms with Crippen LogP contribution in [0.15, 0.2) is 53.4 Å². The highest BCUT2D eigenvalue weighted by atomic mass is 32.2. The Labute approximate surface area is 205 Å². The summed E-state index contributed by atoms with van der Waals surface area (Å²) in [6.07, 6.45) is 4.72. The second kappa shape index (κ2) is 9.20. The van der Waals surface area contributed by atoms with Crippen molar-refractivity contribution < 1.29 is 22.8 Å². The Balaban J connectivity index is 1.14. The van der Waals surface area contributed by atoms with E-state index in [1.807, 2.05) is 6.92 Å². The highest BCUT2D eigenvalue weighted by Crippen LogP contribution is 2.49. The second-order valence-electron chi connectivity index (χ2n) is 9.88. The predicted octanol–water partition coefficient (Wildman–Crippen LogP) is 3.41. The first-order valence-electron chi connectivity index (χ1n) is 12.1. The van der Waals surface area contributed by atoms with Gasteiger partial charge in [0.05, 0.1) is 16.0 Å². The van der Waals surface area contributed by atoms with Gasteiger partial charge in [-0.25, -0.2) is 13.1 Å². The summed E-state index contributed by atoms with van der Waals surface area (Å²) in [6.45, 7) is 1.92. The molecular formula is C26H29N3O5S. The molecule has 9 heteroatoms. The largest absolute Gasteiger partial charge is 0.326 e. The molecule has 2 aliphatic carbocycles. The van der Waals surface area contributed by atoms with E-state index in [0.717, 1.165) is 17.2 Å². The maximum atomic E-state index is 12.9. The molecule has 2 fully saturated rings. The van der Waals surface area contributed by atoms with Crippen LogP contribution in [0.25, 0.3) is 0 Å². The molecule has 184 valence electrons. The van der Waals surface area contributed by atoms with E-state index in [1.54, 1.807) is 24.3 Å². The van der Waals surface area contributed by atoms with Crippen LogP contribution in [0.1, 0.15) is 59.7 Å². The van der Waals surface area contributed by atoms with E-state index in [1.165, 1.54) is 43.5 Å². The Kier molecular flexibility index (Phi) is 6.23. The number of nitrogens with one attached hydrogen (secondary N) is 2. The highest BCUT2D eigenvalue weighted by molar-refractivity contribution is 7.89. The van der Waals surface area contributed by atoms with Crippen molar-refractivity contribution in [3.8, 4) is 0 Å². The van der Waals surface area contributed by atoms with Crippen molar-refractivity contribution in [3.63, 3.8) is 0 Å². The number of imide groups is 1. The SMILES string of the molecule is C[C@@H](NS(=O)(=O)c1ccc(NC(=O)CCN2C(=O)c3ccccc3C2=O)cc1)[C@H]1C[C@H]2CC[C@H]1C2. The molecule has 8 nitrogen and oxygen atoms in total.